The maximum absolute atomic E-state index is 14.0. The first-order chi connectivity index (χ1) is 15.9. The van der Waals surface area contributed by atoms with Crippen LogP contribution in [0.15, 0.2) is 42.5 Å². The molecule has 2 fully saturated rings. The number of barbiturate groups is 1. The Morgan fingerprint density at radius 3 is 2.73 bits per heavy atom. The summed E-state index contributed by atoms with van der Waals surface area (Å²) in [5, 5.41) is 13.7. The summed E-state index contributed by atoms with van der Waals surface area (Å²) in [7, 11) is 1.42. The van der Waals surface area contributed by atoms with Gasteiger partial charge in [-0.3, -0.25) is 25.0 Å². The molecule has 0 aliphatic carbocycles. The SMILES string of the molecule is COc1ccccc1N1C(=O)NC(=O)[C@]2(Cc3cc([N+](=O)[O-])ccc3N3CCOC[C@H]32)C1=O. The number of methoxy groups -OCH3 is 1. The van der Waals surface area contributed by atoms with E-state index in [9.17, 15) is 24.5 Å². The van der Waals surface area contributed by atoms with Crippen LogP contribution >= 0.6 is 0 Å². The Morgan fingerprint density at radius 2 is 1.97 bits per heavy atom. The van der Waals surface area contributed by atoms with E-state index in [-0.39, 0.29) is 30.2 Å². The summed E-state index contributed by atoms with van der Waals surface area (Å²) in [4.78, 5) is 53.9. The van der Waals surface area contributed by atoms with E-state index in [1.165, 1.54) is 19.2 Å². The molecule has 0 aromatic heterocycles. The molecule has 11 nitrogen and oxygen atoms in total. The van der Waals surface area contributed by atoms with Gasteiger partial charge in [0.15, 0.2) is 5.41 Å². The van der Waals surface area contributed by atoms with Crippen LogP contribution in [0.4, 0.5) is 21.9 Å². The molecule has 2 aromatic carbocycles. The topological polar surface area (TPSA) is 131 Å². The average molecular weight is 452 g/mol. The minimum atomic E-state index is -1.72. The highest BCUT2D eigenvalue weighted by molar-refractivity contribution is 6.31. The van der Waals surface area contributed by atoms with E-state index in [4.69, 9.17) is 9.47 Å². The van der Waals surface area contributed by atoms with Crippen LogP contribution in [0.2, 0.25) is 0 Å². The first-order valence-electron chi connectivity index (χ1n) is 10.3. The van der Waals surface area contributed by atoms with Gasteiger partial charge in [-0.05, 0) is 23.8 Å². The quantitative estimate of drug-likeness (QED) is 0.422. The fraction of sp³-hybridized carbons (Fsp3) is 0.318. The molecule has 5 rings (SSSR count). The highest BCUT2D eigenvalue weighted by Gasteiger charge is 2.63. The fourth-order valence-electron chi connectivity index (χ4n) is 4.96. The molecule has 0 radical (unpaired) electrons. The number of urea groups is 1. The molecule has 0 saturated carbocycles. The molecule has 1 spiro atoms. The Labute approximate surface area is 188 Å². The number of carbonyl (C=O) groups excluding carboxylic acids is 3. The maximum atomic E-state index is 14.0. The number of hydrogen-bond donors (Lipinski definition) is 1. The Kier molecular flexibility index (Phi) is 4.78. The van der Waals surface area contributed by atoms with Gasteiger partial charge in [-0.15, -0.1) is 0 Å². The van der Waals surface area contributed by atoms with E-state index in [1.54, 1.807) is 30.3 Å². The lowest BCUT2D eigenvalue weighted by molar-refractivity contribution is -0.384. The highest BCUT2D eigenvalue weighted by atomic mass is 16.6. The van der Waals surface area contributed by atoms with Crippen molar-refractivity contribution in [2.24, 2.45) is 5.41 Å². The van der Waals surface area contributed by atoms with Crippen LogP contribution in [0.3, 0.4) is 0 Å². The van der Waals surface area contributed by atoms with Gasteiger partial charge in [0.25, 0.3) is 11.6 Å². The predicted octanol–water partition coefficient (Wildman–Crippen LogP) is 1.63. The Hall–Kier alpha value is -3.99. The number of ether oxygens (including phenoxy) is 2. The standard InChI is InChI=1S/C22H20N4O7/c1-32-17-5-3-2-4-16(17)25-20(28)22(19(27)23-21(25)29)11-13-10-14(26(30)31)6-7-15(13)24-8-9-33-12-18(22)24/h2-7,10,18H,8-9,11-12H2,1H3,(H,23,27,29)/t18-,22+/m0/s1. The molecular weight excluding hydrogens is 432 g/mol. The Morgan fingerprint density at radius 1 is 1.18 bits per heavy atom. The van der Waals surface area contributed by atoms with Gasteiger partial charge in [0.05, 0.1) is 37.0 Å². The molecule has 3 aliphatic rings. The molecule has 170 valence electrons. The lowest BCUT2D eigenvalue weighted by Gasteiger charge is -2.53. The van der Waals surface area contributed by atoms with Gasteiger partial charge in [-0.2, -0.15) is 0 Å². The van der Waals surface area contributed by atoms with Crippen molar-refractivity contribution in [1.29, 1.82) is 0 Å². The van der Waals surface area contributed by atoms with Gasteiger partial charge >= 0.3 is 6.03 Å². The summed E-state index contributed by atoms with van der Waals surface area (Å²) in [6.45, 7) is 0.845. The van der Waals surface area contributed by atoms with Crippen molar-refractivity contribution in [2.45, 2.75) is 12.5 Å². The zero-order chi connectivity index (χ0) is 23.3. The number of benzene rings is 2. The molecule has 11 heteroatoms. The van der Waals surface area contributed by atoms with Gasteiger partial charge < -0.3 is 14.4 Å². The first-order valence-corrected chi connectivity index (χ1v) is 10.3. The lowest BCUT2D eigenvalue weighted by Crippen LogP contribution is -2.74. The molecular formula is C22H20N4O7. The van der Waals surface area contributed by atoms with Crippen LogP contribution in [-0.2, 0) is 20.7 Å². The Bertz CT molecular complexity index is 1200. The zero-order valence-electron chi connectivity index (χ0n) is 17.6. The second kappa shape index (κ2) is 7.55. The molecule has 2 atom stereocenters. The number of fused-ring (bicyclic) bond motifs is 4. The van der Waals surface area contributed by atoms with Crippen LogP contribution < -0.4 is 19.9 Å². The molecule has 0 unspecified atom stereocenters. The van der Waals surface area contributed by atoms with Crippen molar-refractivity contribution in [1.82, 2.24) is 5.32 Å². The number of nitrogens with one attached hydrogen (secondary N) is 1. The molecule has 3 aliphatic heterocycles. The van der Waals surface area contributed by atoms with Gasteiger partial charge in [0.2, 0.25) is 5.91 Å². The molecule has 33 heavy (non-hydrogen) atoms. The van der Waals surface area contributed by atoms with E-state index < -0.39 is 34.2 Å². The normalized spacial score (nSPS) is 24.3. The number of non-ortho nitro benzene ring substituents is 1. The van der Waals surface area contributed by atoms with Gasteiger partial charge in [0, 0.05) is 30.8 Å². The van der Waals surface area contributed by atoms with Crippen molar-refractivity contribution >= 4 is 34.9 Å². The maximum Gasteiger partial charge on any atom is 0.335 e. The Balaban J connectivity index is 1.68. The summed E-state index contributed by atoms with van der Waals surface area (Å²) < 4.78 is 11.0. The van der Waals surface area contributed by atoms with Crippen molar-refractivity contribution < 1.29 is 28.8 Å². The number of anilines is 2. The summed E-state index contributed by atoms with van der Waals surface area (Å²) in [6, 6.07) is 9.34. The number of nitrogens with zero attached hydrogens (tertiary/aromatic N) is 3. The minimum Gasteiger partial charge on any atom is -0.495 e. The monoisotopic (exact) mass is 452 g/mol. The third-order valence-corrected chi connectivity index (χ3v) is 6.49. The highest BCUT2D eigenvalue weighted by Crippen LogP contribution is 2.47. The molecule has 2 saturated heterocycles. The van der Waals surface area contributed by atoms with E-state index in [0.717, 1.165) is 4.90 Å². The number of para-hydroxylation sites is 2. The fourth-order valence-corrected chi connectivity index (χ4v) is 4.96. The van der Waals surface area contributed by atoms with Crippen molar-refractivity contribution in [3.8, 4) is 5.75 Å². The number of nitro benzene ring substituents is 1. The van der Waals surface area contributed by atoms with Gasteiger partial charge in [-0.25, -0.2) is 9.69 Å². The van der Waals surface area contributed by atoms with Crippen LogP contribution in [0.5, 0.6) is 5.75 Å². The number of imide groups is 2. The van der Waals surface area contributed by atoms with Crippen LogP contribution in [0.25, 0.3) is 0 Å². The number of nitro groups is 1. The van der Waals surface area contributed by atoms with Crippen molar-refractivity contribution in [2.75, 3.05) is 36.7 Å². The van der Waals surface area contributed by atoms with Gasteiger partial charge in [0.1, 0.15) is 5.75 Å². The number of carbonyl (C=O) groups is 3. The molecule has 0 bridgehead atoms. The predicted molar refractivity (Wildman–Crippen MR) is 115 cm³/mol. The van der Waals surface area contributed by atoms with Gasteiger partial charge in [-0.1, -0.05) is 12.1 Å². The molecule has 1 N–H and O–H groups in total. The van der Waals surface area contributed by atoms with Crippen LogP contribution in [0, 0.1) is 15.5 Å². The number of morpholine rings is 1. The summed E-state index contributed by atoms with van der Waals surface area (Å²) in [5.74, 6) is -1.19. The summed E-state index contributed by atoms with van der Waals surface area (Å²) in [5.41, 5.74) is -0.474. The minimum absolute atomic E-state index is 0.0868. The van der Waals surface area contributed by atoms with Crippen LogP contribution in [0.1, 0.15) is 5.56 Å². The largest absolute Gasteiger partial charge is 0.495 e. The first kappa shape index (κ1) is 20.9. The third kappa shape index (κ3) is 2.96. The second-order valence-corrected chi connectivity index (χ2v) is 8.07. The summed E-state index contributed by atoms with van der Waals surface area (Å²) in [6.07, 6.45) is -0.113. The van der Waals surface area contributed by atoms with E-state index in [0.29, 0.717) is 24.4 Å². The molecule has 2 aromatic rings. The lowest BCUT2D eigenvalue weighted by atomic mass is 9.68. The second-order valence-electron chi connectivity index (χ2n) is 8.07. The van der Waals surface area contributed by atoms with Crippen molar-refractivity contribution in [3.05, 3.63) is 58.1 Å². The number of hydrogen-bond acceptors (Lipinski definition) is 8. The summed E-state index contributed by atoms with van der Waals surface area (Å²) >= 11 is 0. The van der Waals surface area contributed by atoms with E-state index in [2.05, 4.69) is 5.32 Å². The molecule has 4 amide bonds. The van der Waals surface area contributed by atoms with Crippen LogP contribution in [-0.4, -0.2) is 55.7 Å². The van der Waals surface area contributed by atoms with E-state index >= 15 is 0 Å². The zero-order valence-corrected chi connectivity index (χ0v) is 17.6. The van der Waals surface area contributed by atoms with Crippen molar-refractivity contribution in [3.63, 3.8) is 0 Å². The van der Waals surface area contributed by atoms with E-state index in [1.807, 2.05) is 4.90 Å². The smallest absolute Gasteiger partial charge is 0.335 e. The number of rotatable bonds is 3. The number of amides is 4. The average Bonchev–Trinajstić information content (AvgIpc) is 2.82. The molecule has 3 heterocycles. The third-order valence-electron chi connectivity index (χ3n) is 6.49.